The van der Waals surface area contributed by atoms with Gasteiger partial charge in [0, 0.05) is 29.6 Å². The summed E-state index contributed by atoms with van der Waals surface area (Å²) in [5.74, 6) is -0.614. The van der Waals surface area contributed by atoms with E-state index in [1.807, 2.05) is 12.1 Å². The summed E-state index contributed by atoms with van der Waals surface area (Å²) in [5, 5.41) is 10.3. The highest BCUT2D eigenvalue weighted by molar-refractivity contribution is 6.31. The number of ether oxygens (including phenoxy) is 1. The molecule has 162 valence electrons. The van der Waals surface area contributed by atoms with Crippen LogP contribution in [-0.2, 0) is 0 Å². The van der Waals surface area contributed by atoms with Crippen LogP contribution in [0.3, 0.4) is 0 Å². The fourth-order valence-electron chi connectivity index (χ4n) is 4.61. The Balaban J connectivity index is 1.50. The second-order valence-electron chi connectivity index (χ2n) is 8.09. The average molecular weight is 446 g/mol. The third-order valence-corrected chi connectivity index (χ3v) is 6.42. The largest absolute Gasteiger partial charge is 0.495 e. The fourth-order valence-corrected chi connectivity index (χ4v) is 4.78. The van der Waals surface area contributed by atoms with Crippen molar-refractivity contribution in [1.82, 2.24) is 15.3 Å². The van der Waals surface area contributed by atoms with Crippen LogP contribution in [0.4, 0.5) is 26.0 Å². The lowest BCUT2D eigenvalue weighted by Crippen LogP contribution is -2.43. The van der Waals surface area contributed by atoms with Crippen molar-refractivity contribution in [3.8, 4) is 5.75 Å². The summed E-state index contributed by atoms with van der Waals surface area (Å²) in [7, 11) is 1.62. The zero-order valence-electron chi connectivity index (χ0n) is 16.9. The second kappa shape index (κ2) is 8.09. The topological polar surface area (TPSA) is 71.1 Å². The maximum absolute atomic E-state index is 14.4. The molecular weight excluding hydrogens is 424 g/mol. The van der Waals surface area contributed by atoms with Gasteiger partial charge in [0.05, 0.1) is 24.0 Å². The molecule has 2 fully saturated rings. The minimum Gasteiger partial charge on any atom is -0.495 e. The van der Waals surface area contributed by atoms with Crippen LogP contribution >= 0.6 is 11.6 Å². The van der Waals surface area contributed by atoms with Crippen molar-refractivity contribution in [3.05, 3.63) is 47.2 Å². The van der Waals surface area contributed by atoms with Gasteiger partial charge < -0.3 is 20.7 Å². The van der Waals surface area contributed by atoms with E-state index in [9.17, 15) is 8.78 Å². The predicted molar refractivity (Wildman–Crippen MR) is 117 cm³/mol. The van der Waals surface area contributed by atoms with E-state index in [4.69, 9.17) is 16.3 Å². The lowest BCUT2D eigenvalue weighted by Gasteiger charge is -2.31. The molecule has 2 unspecified atom stereocenters. The van der Waals surface area contributed by atoms with Gasteiger partial charge >= 0.3 is 0 Å². The van der Waals surface area contributed by atoms with E-state index in [-0.39, 0.29) is 5.69 Å². The number of piperidine rings is 1. The predicted octanol–water partition coefficient (Wildman–Crippen LogP) is 5.01. The molecule has 0 amide bonds. The number of aromatic nitrogens is 2. The van der Waals surface area contributed by atoms with Gasteiger partial charge in [-0.05, 0) is 43.9 Å². The highest BCUT2D eigenvalue weighted by Gasteiger charge is 2.33. The fraction of sp³-hybridized carbons (Fsp3) is 0.364. The van der Waals surface area contributed by atoms with Gasteiger partial charge in [-0.25, -0.2) is 18.7 Å². The highest BCUT2D eigenvalue weighted by Crippen LogP contribution is 2.36. The van der Waals surface area contributed by atoms with Gasteiger partial charge in [0.25, 0.3) is 0 Å². The number of benzene rings is 2. The Hall–Kier alpha value is -2.71. The molecule has 31 heavy (non-hydrogen) atoms. The van der Waals surface area contributed by atoms with Gasteiger partial charge in [-0.1, -0.05) is 11.6 Å². The van der Waals surface area contributed by atoms with E-state index in [1.165, 1.54) is 25.2 Å². The van der Waals surface area contributed by atoms with Crippen molar-refractivity contribution < 1.29 is 13.5 Å². The molecule has 2 aliphatic heterocycles. The molecule has 0 radical (unpaired) electrons. The molecule has 3 aromatic rings. The van der Waals surface area contributed by atoms with Crippen molar-refractivity contribution in [2.24, 2.45) is 0 Å². The molecule has 0 saturated carbocycles. The molecule has 0 spiro atoms. The highest BCUT2D eigenvalue weighted by atomic mass is 35.5. The van der Waals surface area contributed by atoms with E-state index < -0.39 is 16.7 Å². The Morgan fingerprint density at radius 2 is 1.87 bits per heavy atom. The van der Waals surface area contributed by atoms with E-state index in [2.05, 4.69) is 25.9 Å². The molecule has 5 rings (SSSR count). The second-order valence-corrected chi connectivity index (χ2v) is 8.47. The van der Waals surface area contributed by atoms with Gasteiger partial charge in [0.15, 0.2) is 5.82 Å². The summed E-state index contributed by atoms with van der Waals surface area (Å²) >= 11 is 5.71. The molecule has 2 bridgehead atoms. The average Bonchev–Trinajstić information content (AvgIpc) is 3.12. The normalized spacial score (nSPS) is 22.5. The lowest BCUT2D eigenvalue weighted by molar-refractivity contribution is 0.375. The van der Waals surface area contributed by atoms with E-state index in [0.717, 1.165) is 24.6 Å². The summed E-state index contributed by atoms with van der Waals surface area (Å²) in [6, 6.07) is 7.57. The minimum absolute atomic E-state index is 0.0339. The number of rotatable bonds is 5. The van der Waals surface area contributed by atoms with Crippen molar-refractivity contribution >= 4 is 39.7 Å². The van der Waals surface area contributed by atoms with Crippen LogP contribution in [-0.4, -0.2) is 35.2 Å². The van der Waals surface area contributed by atoms with Crippen molar-refractivity contribution in [3.63, 3.8) is 0 Å². The maximum Gasteiger partial charge on any atom is 0.168 e. The Bertz CT molecular complexity index is 1130. The Morgan fingerprint density at radius 1 is 1.10 bits per heavy atom. The Morgan fingerprint density at radius 3 is 2.61 bits per heavy atom. The first kappa shape index (κ1) is 20.2. The molecule has 2 aliphatic rings. The van der Waals surface area contributed by atoms with Crippen LogP contribution in [0.5, 0.6) is 5.75 Å². The van der Waals surface area contributed by atoms with Crippen LogP contribution < -0.4 is 20.7 Å². The summed E-state index contributed by atoms with van der Waals surface area (Å²) in [5.41, 5.74) is 1.50. The van der Waals surface area contributed by atoms with Crippen LogP contribution in [0.2, 0.25) is 5.02 Å². The van der Waals surface area contributed by atoms with Crippen LogP contribution in [0.25, 0.3) is 10.9 Å². The number of nitrogens with one attached hydrogen (secondary N) is 3. The number of anilines is 3. The number of fused-ring (bicyclic) bond motifs is 3. The number of methoxy groups -OCH3 is 1. The molecule has 2 saturated heterocycles. The SMILES string of the molecule is COc1cc2ncnc(Nc3ccc(F)c(Cl)c3F)c2cc1NC1CC2CCC(C1)N2. The van der Waals surface area contributed by atoms with Gasteiger partial charge in [-0.15, -0.1) is 0 Å². The molecule has 3 N–H and O–H groups in total. The van der Waals surface area contributed by atoms with E-state index >= 15 is 0 Å². The quantitative estimate of drug-likeness (QED) is 0.480. The molecule has 0 aliphatic carbocycles. The summed E-state index contributed by atoms with van der Waals surface area (Å²) < 4.78 is 33.5. The number of hydrogen-bond acceptors (Lipinski definition) is 6. The van der Waals surface area contributed by atoms with Gasteiger partial charge in [-0.3, -0.25) is 0 Å². The first-order valence-corrected chi connectivity index (χ1v) is 10.7. The Labute approximate surface area is 183 Å². The third-order valence-electron chi connectivity index (χ3n) is 6.08. The molecular formula is C22H22ClF2N5O. The number of halogens is 3. The minimum atomic E-state index is -0.870. The summed E-state index contributed by atoms with van der Waals surface area (Å²) in [6.45, 7) is 0. The molecule has 1 aromatic heterocycles. The lowest BCUT2D eigenvalue weighted by atomic mass is 9.99. The Kier molecular flexibility index (Phi) is 5.27. The van der Waals surface area contributed by atoms with Gasteiger partial charge in [0.1, 0.15) is 28.7 Å². The molecule has 2 atom stereocenters. The number of nitrogens with zero attached hydrogens (tertiary/aromatic N) is 2. The smallest absolute Gasteiger partial charge is 0.168 e. The van der Waals surface area contributed by atoms with Crippen LogP contribution in [0.15, 0.2) is 30.6 Å². The zero-order chi connectivity index (χ0) is 21.5. The standard InChI is InChI=1S/C22H22ClF2N5O/c1-31-19-9-17-14(8-18(19)29-13-6-11-2-3-12(7-13)28-11)22(27-10-26-17)30-16-5-4-15(24)20(23)21(16)25/h4-5,8-13,28-29H,2-3,6-7H2,1H3,(H,26,27,30). The molecule has 3 heterocycles. The van der Waals surface area contributed by atoms with Crippen molar-refractivity contribution in [2.45, 2.75) is 43.8 Å². The molecule has 6 nitrogen and oxygen atoms in total. The number of hydrogen-bond donors (Lipinski definition) is 3. The molecule has 9 heteroatoms. The van der Waals surface area contributed by atoms with Gasteiger partial charge in [0.2, 0.25) is 0 Å². The van der Waals surface area contributed by atoms with Crippen molar-refractivity contribution in [2.75, 3.05) is 17.7 Å². The summed E-state index contributed by atoms with van der Waals surface area (Å²) in [6.07, 6.45) is 5.91. The molecule has 2 aromatic carbocycles. The maximum atomic E-state index is 14.4. The zero-order valence-corrected chi connectivity index (χ0v) is 17.6. The first-order valence-electron chi connectivity index (χ1n) is 10.3. The van der Waals surface area contributed by atoms with Crippen molar-refractivity contribution in [1.29, 1.82) is 0 Å². The van der Waals surface area contributed by atoms with Gasteiger partial charge in [-0.2, -0.15) is 0 Å². The third kappa shape index (κ3) is 3.85. The monoisotopic (exact) mass is 445 g/mol. The van der Waals surface area contributed by atoms with E-state index in [0.29, 0.717) is 40.6 Å². The summed E-state index contributed by atoms with van der Waals surface area (Å²) in [4.78, 5) is 8.59. The van der Waals surface area contributed by atoms with Crippen LogP contribution in [0.1, 0.15) is 25.7 Å². The van der Waals surface area contributed by atoms with Crippen LogP contribution in [0, 0.1) is 11.6 Å². The van der Waals surface area contributed by atoms with E-state index in [1.54, 1.807) is 7.11 Å². The first-order chi connectivity index (χ1) is 15.0.